The van der Waals surface area contributed by atoms with E-state index < -0.39 is 0 Å². The number of nitrogens with zero attached hydrogens (tertiary/aromatic N) is 6. The lowest BCUT2D eigenvalue weighted by atomic mass is 10.1. The maximum absolute atomic E-state index is 13.3. The zero-order chi connectivity index (χ0) is 29.5. The highest BCUT2D eigenvalue weighted by Crippen LogP contribution is 2.33. The molecule has 42 heavy (non-hydrogen) atoms. The number of benzene rings is 2. The topological polar surface area (TPSA) is 77.1 Å². The van der Waals surface area contributed by atoms with Gasteiger partial charge in [0.2, 0.25) is 17.5 Å². The molecule has 1 saturated heterocycles. The molecule has 1 amide bonds. The molecule has 2 aromatic heterocycles. The van der Waals surface area contributed by atoms with Gasteiger partial charge in [-0.3, -0.25) is 9.69 Å². The summed E-state index contributed by atoms with van der Waals surface area (Å²) in [6.07, 6.45) is 3.91. The predicted octanol–water partition coefficient (Wildman–Crippen LogP) is 6.31. The van der Waals surface area contributed by atoms with Crippen LogP contribution in [0.25, 0.3) is 4.85 Å². The Hall–Kier alpha value is -4.68. The van der Waals surface area contributed by atoms with Gasteiger partial charge >= 0.3 is 0 Å². The second-order valence-electron chi connectivity index (χ2n) is 10.4. The van der Waals surface area contributed by atoms with E-state index in [9.17, 15) is 4.79 Å². The van der Waals surface area contributed by atoms with Gasteiger partial charge in [-0.25, -0.2) is 14.8 Å². The van der Waals surface area contributed by atoms with Gasteiger partial charge in [0.15, 0.2) is 0 Å². The van der Waals surface area contributed by atoms with E-state index in [1.54, 1.807) is 12.1 Å². The van der Waals surface area contributed by atoms with E-state index in [-0.39, 0.29) is 5.91 Å². The van der Waals surface area contributed by atoms with Gasteiger partial charge in [0.1, 0.15) is 17.3 Å². The molecule has 4 aromatic rings. The SMILES string of the molecule is [C-]#[N+]c1ccc(Cn2c(CN3CCN(c4ccccc4OCCCC)C(=O)C3)cnc2C)cc1Oc1cccc(C)n1. The maximum Gasteiger partial charge on any atom is 0.241 e. The number of carbonyl (C=O) groups is 1. The molecule has 1 aliphatic rings. The number of aryl methyl sites for hydroxylation is 2. The number of hydrogen-bond donors (Lipinski definition) is 0. The van der Waals surface area contributed by atoms with Crippen molar-refractivity contribution < 1.29 is 14.3 Å². The van der Waals surface area contributed by atoms with Gasteiger partial charge in [-0.15, -0.1) is 0 Å². The molecule has 0 bridgehead atoms. The highest BCUT2D eigenvalue weighted by Gasteiger charge is 2.28. The van der Waals surface area contributed by atoms with Gasteiger partial charge in [-0.1, -0.05) is 43.7 Å². The average Bonchev–Trinajstić information content (AvgIpc) is 3.32. The van der Waals surface area contributed by atoms with Crippen LogP contribution in [0.1, 0.15) is 42.5 Å². The molecule has 9 nitrogen and oxygen atoms in total. The first kappa shape index (κ1) is 28.8. The number of imidazole rings is 1. The number of para-hydroxylation sites is 2. The largest absolute Gasteiger partial charge is 0.491 e. The minimum absolute atomic E-state index is 0.0526. The summed E-state index contributed by atoms with van der Waals surface area (Å²) < 4.78 is 14.1. The van der Waals surface area contributed by atoms with Crippen molar-refractivity contribution in [1.29, 1.82) is 0 Å². The Labute approximate surface area is 247 Å². The van der Waals surface area contributed by atoms with E-state index in [1.807, 2.05) is 73.5 Å². The van der Waals surface area contributed by atoms with Gasteiger partial charge in [0, 0.05) is 44.1 Å². The minimum atomic E-state index is 0.0526. The Bertz CT molecular complexity index is 1590. The van der Waals surface area contributed by atoms with Crippen molar-refractivity contribution in [3.63, 3.8) is 0 Å². The van der Waals surface area contributed by atoms with Crippen LogP contribution in [-0.4, -0.2) is 51.6 Å². The number of unbranched alkanes of at least 4 members (excludes halogenated alkanes) is 1. The summed E-state index contributed by atoms with van der Waals surface area (Å²) in [5.74, 6) is 2.62. The van der Waals surface area contributed by atoms with Crippen molar-refractivity contribution in [3.8, 4) is 17.4 Å². The monoisotopic (exact) mass is 564 g/mol. The molecule has 2 aromatic carbocycles. The molecule has 0 saturated carbocycles. The predicted molar refractivity (Wildman–Crippen MR) is 162 cm³/mol. The second kappa shape index (κ2) is 13.3. The first-order valence-corrected chi connectivity index (χ1v) is 14.3. The van der Waals surface area contributed by atoms with Gasteiger partial charge in [0.25, 0.3) is 0 Å². The number of hydrogen-bond acceptors (Lipinski definition) is 6. The Morgan fingerprint density at radius 1 is 1.00 bits per heavy atom. The smallest absolute Gasteiger partial charge is 0.241 e. The van der Waals surface area contributed by atoms with Crippen LogP contribution in [0.3, 0.4) is 0 Å². The molecule has 3 heterocycles. The third-order valence-electron chi connectivity index (χ3n) is 7.30. The number of pyridine rings is 1. The fourth-order valence-electron chi connectivity index (χ4n) is 5.03. The zero-order valence-corrected chi connectivity index (χ0v) is 24.4. The molecule has 9 heteroatoms. The molecule has 0 aliphatic carbocycles. The van der Waals surface area contributed by atoms with Gasteiger partial charge < -0.3 is 18.9 Å². The lowest BCUT2D eigenvalue weighted by molar-refractivity contribution is -0.121. The van der Waals surface area contributed by atoms with Crippen LogP contribution in [-0.2, 0) is 17.9 Å². The molecular weight excluding hydrogens is 528 g/mol. The average molecular weight is 565 g/mol. The standard InChI is InChI=1S/C33H36N6O3/c1-5-6-18-41-30-12-8-7-11-29(30)38-17-16-37(23-33(38)40)22-27-20-35-25(3)39(27)21-26-14-15-28(34-4)31(19-26)42-32-13-9-10-24(2)36-32/h7-15,19-20H,5-6,16-18,21-23H2,1-3H3. The molecule has 0 N–H and O–H groups in total. The molecule has 0 unspecified atom stereocenters. The fraction of sp³-hybridized carbons (Fsp3) is 0.333. The van der Waals surface area contributed by atoms with Crippen LogP contribution >= 0.6 is 0 Å². The summed E-state index contributed by atoms with van der Waals surface area (Å²) >= 11 is 0. The first-order valence-electron chi connectivity index (χ1n) is 14.3. The highest BCUT2D eigenvalue weighted by molar-refractivity contribution is 5.96. The van der Waals surface area contributed by atoms with Crippen LogP contribution in [0, 0.1) is 20.4 Å². The van der Waals surface area contributed by atoms with Crippen LogP contribution < -0.4 is 14.4 Å². The highest BCUT2D eigenvalue weighted by atomic mass is 16.5. The van der Waals surface area contributed by atoms with Crippen LogP contribution in [0.2, 0.25) is 0 Å². The van der Waals surface area contributed by atoms with E-state index in [1.165, 1.54) is 0 Å². The van der Waals surface area contributed by atoms with E-state index >= 15 is 0 Å². The number of anilines is 1. The van der Waals surface area contributed by atoms with Crippen molar-refractivity contribution in [1.82, 2.24) is 19.4 Å². The van der Waals surface area contributed by atoms with Gasteiger partial charge in [-0.2, -0.15) is 0 Å². The van der Waals surface area contributed by atoms with Crippen molar-refractivity contribution in [2.75, 3.05) is 31.1 Å². The number of rotatable bonds is 11. The van der Waals surface area contributed by atoms with Crippen molar-refractivity contribution >= 4 is 17.3 Å². The van der Waals surface area contributed by atoms with E-state index in [0.29, 0.717) is 50.1 Å². The summed E-state index contributed by atoms with van der Waals surface area (Å²) in [5.41, 5.74) is 4.11. The minimum Gasteiger partial charge on any atom is -0.491 e. The lowest BCUT2D eigenvalue weighted by Crippen LogP contribution is -2.50. The molecule has 5 rings (SSSR count). The lowest BCUT2D eigenvalue weighted by Gasteiger charge is -2.35. The number of ether oxygens (including phenoxy) is 2. The van der Waals surface area contributed by atoms with Gasteiger partial charge in [-0.05, 0) is 50.1 Å². The van der Waals surface area contributed by atoms with Crippen molar-refractivity contribution in [3.05, 3.63) is 101 Å². The molecule has 0 atom stereocenters. The summed E-state index contributed by atoms with van der Waals surface area (Å²) in [6, 6.07) is 19.0. The van der Waals surface area contributed by atoms with E-state index in [4.69, 9.17) is 16.0 Å². The molecule has 0 spiro atoms. The maximum atomic E-state index is 13.3. The number of carbonyl (C=O) groups excluding carboxylic acids is 1. The quantitative estimate of drug-likeness (QED) is 0.157. The van der Waals surface area contributed by atoms with Crippen LogP contribution in [0.5, 0.6) is 17.4 Å². The van der Waals surface area contributed by atoms with E-state index in [0.717, 1.165) is 53.6 Å². The molecular formula is C33H36N6O3. The van der Waals surface area contributed by atoms with Crippen LogP contribution in [0.15, 0.2) is 66.9 Å². The fourth-order valence-corrected chi connectivity index (χ4v) is 5.03. The van der Waals surface area contributed by atoms with E-state index in [2.05, 4.69) is 31.2 Å². The summed E-state index contributed by atoms with van der Waals surface area (Å²) in [5, 5.41) is 0. The molecule has 1 aliphatic heterocycles. The molecule has 1 fully saturated rings. The Morgan fingerprint density at radius 2 is 1.86 bits per heavy atom. The third-order valence-corrected chi connectivity index (χ3v) is 7.30. The number of aromatic nitrogens is 3. The van der Waals surface area contributed by atoms with Gasteiger partial charge in [0.05, 0.1) is 31.1 Å². The summed E-state index contributed by atoms with van der Waals surface area (Å²) in [7, 11) is 0. The molecule has 216 valence electrons. The first-order chi connectivity index (χ1) is 20.4. The second-order valence-corrected chi connectivity index (χ2v) is 10.4. The Morgan fingerprint density at radius 3 is 2.64 bits per heavy atom. The Kier molecular flexibility index (Phi) is 9.15. The summed E-state index contributed by atoms with van der Waals surface area (Å²) in [4.78, 5) is 29.9. The molecule has 0 radical (unpaired) electrons. The third kappa shape index (κ3) is 6.78. The number of amides is 1. The van der Waals surface area contributed by atoms with Crippen molar-refractivity contribution in [2.45, 2.75) is 46.7 Å². The summed E-state index contributed by atoms with van der Waals surface area (Å²) in [6.45, 7) is 17.0. The Balaban J connectivity index is 1.27. The van der Waals surface area contributed by atoms with Crippen LogP contribution in [0.4, 0.5) is 11.4 Å². The number of piperazine rings is 1. The zero-order valence-electron chi connectivity index (χ0n) is 24.4. The van der Waals surface area contributed by atoms with Crippen molar-refractivity contribution in [2.24, 2.45) is 0 Å². The normalized spacial score (nSPS) is 13.7.